The van der Waals surface area contributed by atoms with Gasteiger partial charge in [-0.1, -0.05) is 0 Å². The van der Waals surface area contributed by atoms with Crippen LogP contribution in [0, 0.1) is 6.92 Å². The molecule has 1 fully saturated rings. The van der Waals surface area contributed by atoms with Crippen molar-refractivity contribution in [1.82, 2.24) is 9.97 Å². The number of anilines is 1. The van der Waals surface area contributed by atoms with Crippen molar-refractivity contribution in [3.63, 3.8) is 0 Å². The van der Waals surface area contributed by atoms with Crippen LogP contribution in [0.3, 0.4) is 0 Å². The molecule has 2 aromatic rings. The maximum absolute atomic E-state index is 5.60. The predicted octanol–water partition coefficient (Wildman–Crippen LogP) is 3.73. The largest absolute Gasteiger partial charge is 0.458 e. The number of rotatable bonds is 3. The standard InChI is InChI=1S/C13H14BrN3O/c1-7-3-6-9(18-7)12-16-11(8-4-5-8)10(14)13(15-2)17-12/h3,6,8H,4-5H2,1-2H3,(H,15,16,17). The van der Waals surface area contributed by atoms with E-state index in [0.29, 0.717) is 11.7 Å². The molecule has 0 aromatic carbocycles. The van der Waals surface area contributed by atoms with E-state index in [0.717, 1.165) is 27.5 Å². The van der Waals surface area contributed by atoms with Crippen molar-refractivity contribution in [3.8, 4) is 11.6 Å². The molecule has 94 valence electrons. The molecule has 1 N–H and O–H groups in total. The van der Waals surface area contributed by atoms with Crippen molar-refractivity contribution in [2.75, 3.05) is 12.4 Å². The summed E-state index contributed by atoms with van der Waals surface area (Å²) in [5, 5.41) is 3.10. The number of furan rings is 1. The van der Waals surface area contributed by atoms with Gasteiger partial charge in [-0.15, -0.1) is 0 Å². The van der Waals surface area contributed by atoms with E-state index in [2.05, 4.69) is 31.2 Å². The zero-order chi connectivity index (χ0) is 12.7. The van der Waals surface area contributed by atoms with Crippen LogP contribution in [0.15, 0.2) is 21.0 Å². The Morgan fingerprint density at radius 3 is 2.67 bits per heavy atom. The van der Waals surface area contributed by atoms with Crippen molar-refractivity contribution in [2.45, 2.75) is 25.7 Å². The molecule has 0 spiro atoms. The zero-order valence-electron chi connectivity index (χ0n) is 10.3. The fourth-order valence-corrected chi connectivity index (χ4v) is 2.62. The maximum atomic E-state index is 5.60. The molecule has 2 aromatic heterocycles. The van der Waals surface area contributed by atoms with Crippen LogP contribution >= 0.6 is 15.9 Å². The third-order valence-corrected chi connectivity index (χ3v) is 3.82. The number of aryl methyl sites for hydroxylation is 1. The molecular weight excluding hydrogens is 294 g/mol. The van der Waals surface area contributed by atoms with Crippen LogP contribution in [0.1, 0.15) is 30.2 Å². The molecule has 0 aliphatic heterocycles. The molecule has 3 rings (SSSR count). The molecule has 5 heteroatoms. The summed E-state index contributed by atoms with van der Waals surface area (Å²) in [5.41, 5.74) is 1.08. The summed E-state index contributed by atoms with van der Waals surface area (Å²) in [6.45, 7) is 1.92. The van der Waals surface area contributed by atoms with Crippen LogP contribution in [0.5, 0.6) is 0 Å². The Balaban J connectivity index is 2.12. The summed E-state index contributed by atoms with van der Waals surface area (Å²) < 4.78 is 6.57. The minimum atomic E-state index is 0.560. The first kappa shape index (κ1) is 11.7. The van der Waals surface area contributed by atoms with E-state index in [1.54, 1.807) is 0 Å². The van der Waals surface area contributed by atoms with Crippen LogP contribution in [0.4, 0.5) is 5.82 Å². The van der Waals surface area contributed by atoms with Crippen molar-refractivity contribution in [2.24, 2.45) is 0 Å². The molecule has 2 heterocycles. The summed E-state index contributed by atoms with van der Waals surface area (Å²) >= 11 is 3.58. The highest BCUT2D eigenvalue weighted by molar-refractivity contribution is 9.10. The predicted molar refractivity (Wildman–Crippen MR) is 73.7 cm³/mol. The van der Waals surface area contributed by atoms with E-state index in [-0.39, 0.29) is 0 Å². The van der Waals surface area contributed by atoms with Crippen molar-refractivity contribution >= 4 is 21.7 Å². The molecule has 4 nitrogen and oxygen atoms in total. The fourth-order valence-electron chi connectivity index (χ4n) is 1.92. The molecule has 0 radical (unpaired) electrons. The molecule has 18 heavy (non-hydrogen) atoms. The third kappa shape index (κ3) is 2.03. The summed E-state index contributed by atoms with van der Waals surface area (Å²) in [7, 11) is 1.86. The molecular formula is C13H14BrN3O. The van der Waals surface area contributed by atoms with Gasteiger partial charge in [0.2, 0.25) is 0 Å². The summed E-state index contributed by atoms with van der Waals surface area (Å²) in [6.07, 6.45) is 2.41. The van der Waals surface area contributed by atoms with Crippen LogP contribution in [-0.4, -0.2) is 17.0 Å². The number of hydrogen-bond donors (Lipinski definition) is 1. The number of nitrogens with one attached hydrogen (secondary N) is 1. The van der Waals surface area contributed by atoms with Crippen LogP contribution in [-0.2, 0) is 0 Å². The van der Waals surface area contributed by atoms with Gasteiger partial charge >= 0.3 is 0 Å². The lowest BCUT2D eigenvalue weighted by Crippen LogP contribution is -2.02. The first-order valence-corrected chi connectivity index (χ1v) is 6.80. The third-order valence-electron chi connectivity index (χ3n) is 3.04. The minimum Gasteiger partial charge on any atom is -0.458 e. The lowest BCUT2D eigenvalue weighted by Gasteiger charge is -2.09. The normalized spacial score (nSPS) is 14.8. The average Bonchev–Trinajstić information content (AvgIpc) is 3.12. The Hall–Kier alpha value is -1.36. The van der Waals surface area contributed by atoms with Gasteiger partial charge in [-0.2, -0.15) is 0 Å². The molecule has 0 saturated heterocycles. The molecule has 0 atom stereocenters. The maximum Gasteiger partial charge on any atom is 0.197 e. The van der Waals surface area contributed by atoms with E-state index in [1.807, 2.05) is 26.1 Å². The highest BCUT2D eigenvalue weighted by Gasteiger charge is 2.29. The van der Waals surface area contributed by atoms with E-state index in [4.69, 9.17) is 4.42 Å². The van der Waals surface area contributed by atoms with E-state index in [9.17, 15) is 0 Å². The Kier molecular flexibility index (Phi) is 2.86. The number of aromatic nitrogens is 2. The quantitative estimate of drug-likeness (QED) is 0.939. The monoisotopic (exact) mass is 307 g/mol. The van der Waals surface area contributed by atoms with Gasteiger partial charge in [0.1, 0.15) is 11.6 Å². The van der Waals surface area contributed by atoms with Gasteiger partial charge in [-0.05, 0) is 47.8 Å². The lowest BCUT2D eigenvalue weighted by molar-refractivity contribution is 0.543. The summed E-state index contributed by atoms with van der Waals surface area (Å²) in [5.74, 6) is 3.62. The van der Waals surface area contributed by atoms with Crippen LogP contribution in [0.25, 0.3) is 11.6 Å². The molecule has 1 saturated carbocycles. The second-order valence-electron chi connectivity index (χ2n) is 4.53. The molecule has 0 amide bonds. The van der Waals surface area contributed by atoms with Gasteiger partial charge in [-0.3, -0.25) is 0 Å². The Morgan fingerprint density at radius 2 is 2.11 bits per heavy atom. The van der Waals surface area contributed by atoms with Gasteiger partial charge < -0.3 is 9.73 Å². The smallest absolute Gasteiger partial charge is 0.197 e. The number of halogens is 1. The SMILES string of the molecule is CNc1nc(-c2ccc(C)o2)nc(C2CC2)c1Br. The number of hydrogen-bond acceptors (Lipinski definition) is 4. The fraction of sp³-hybridized carbons (Fsp3) is 0.385. The zero-order valence-corrected chi connectivity index (χ0v) is 11.9. The van der Waals surface area contributed by atoms with E-state index >= 15 is 0 Å². The Morgan fingerprint density at radius 1 is 1.33 bits per heavy atom. The van der Waals surface area contributed by atoms with Crippen molar-refractivity contribution < 1.29 is 4.42 Å². The van der Waals surface area contributed by atoms with Crippen LogP contribution in [0.2, 0.25) is 0 Å². The van der Waals surface area contributed by atoms with Gasteiger partial charge in [0.05, 0.1) is 10.2 Å². The van der Waals surface area contributed by atoms with E-state index < -0.39 is 0 Å². The molecule has 0 unspecified atom stereocenters. The molecule has 1 aliphatic rings. The highest BCUT2D eigenvalue weighted by Crippen LogP contribution is 2.44. The summed E-state index contributed by atoms with van der Waals surface area (Å²) in [6, 6.07) is 3.84. The topological polar surface area (TPSA) is 51.0 Å². The van der Waals surface area contributed by atoms with Gasteiger partial charge in [0, 0.05) is 13.0 Å². The lowest BCUT2D eigenvalue weighted by atomic mass is 10.2. The van der Waals surface area contributed by atoms with Crippen molar-refractivity contribution in [1.29, 1.82) is 0 Å². The first-order valence-electron chi connectivity index (χ1n) is 6.01. The highest BCUT2D eigenvalue weighted by atomic mass is 79.9. The minimum absolute atomic E-state index is 0.560. The second kappa shape index (κ2) is 4.39. The van der Waals surface area contributed by atoms with E-state index in [1.165, 1.54) is 12.8 Å². The van der Waals surface area contributed by atoms with Gasteiger partial charge in [-0.25, -0.2) is 9.97 Å². The molecule has 1 aliphatic carbocycles. The van der Waals surface area contributed by atoms with Crippen LogP contribution < -0.4 is 5.32 Å². The first-order chi connectivity index (χ1) is 8.69. The molecule has 0 bridgehead atoms. The van der Waals surface area contributed by atoms with Crippen molar-refractivity contribution in [3.05, 3.63) is 28.1 Å². The number of nitrogens with zero attached hydrogens (tertiary/aromatic N) is 2. The Labute approximate surface area is 114 Å². The Bertz CT molecular complexity index is 590. The van der Waals surface area contributed by atoms with Gasteiger partial charge in [0.15, 0.2) is 11.6 Å². The summed E-state index contributed by atoms with van der Waals surface area (Å²) in [4.78, 5) is 9.12. The second-order valence-corrected chi connectivity index (χ2v) is 5.32. The van der Waals surface area contributed by atoms with Gasteiger partial charge in [0.25, 0.3) is 0 Å². The average molecular weight is 308 g/mol.